The number of anilines is 1. The smallest absolute Gasteiger partial charge is 0.410 e. The van der Waals surface area contributed by atoms with E-state index in [2.05, 4.69) is 9.88 Å². The molecule has 2 aliphatic heterocycles. The third kappa shape index (κ3) is 2.49. The summed E-state index contributed by atoms with van der Waals surface area (Å²) < 4.78 is 5.69. The lowest BCUT2D eigenvalue weighted by Gasteiger charge is -2.40. The molecule has 5 nitrogen and oxygen atoms in total. The highest BCUT2D eigenvalue weighted by Crippen LogP contribution is 2.36. The Kier molecular flexibility index (Phi) is 3.34. The maximum absolute atomic E-state index is 11.8. The van der Waals surface area contributed by atoms with Crippen LogP contribution in [-0.4, -0.2) is 48.3 Å². The minimum absolute atomic E-state index is 0.224. The van der Waals surface area contributed by atoms with Crippen LogP contribution >= 0.6 is 11.6 Å². The Morgan fingerprint density at radius 1 is 1.30 bits per heavy atom. The summed E-state index contributed by atoms with van der Waals surface area (Å²) in [7, 11) is 1.79. The van der Waals surface area contributed by atoms with Gasteiger partial charge in [-0.05, 0) is 37.1 Å². The van der Waals surface area contributed by atoms with E-state index in [4.69, 9.17) is 16.3 Å². The third-order valence-corrected chi connectivity index (χ3v) is 4.94. The fraction of sp³-hybridized carbons (Fsp3) is 0.412. The number of likely N-dealkylation sites (N-methyl/N-ethyl adjacent to an activating group) is 1. The molecule has 0 radical (unpaired) electrons. The van der Waals surface area contributed by atoms with Gasteiger partial charge in [0.2, 0.25) is 0 Å². The van der Waals surface area contributed by atoms with Gasteiger partial charge < -0.3 is 14.5 Å². The minimum atomic E-state index is -0.397. The Labute approximate surface area is 139 Å². The highest BCUT2D eigenvalue weighted by Gasteiger charge is 2.46. The lowest BCUT2D eigenvalue weighted by molar-refractivity contribution is 0.0448. The number of carbonyl (C=O) groups excluding carboxylic acids is 1. The molecule has 6 heteroatoms. The molecule has 1 aromatic heterocycles. The molecule has 23 heavy (non-hydrogen) atoms. The molecule has 2 fully saturated rings. The molecule has 2 aromatic rings. The summed E-state index contributed by atoms with van der Waals surface area (Å²) >= 11 is 6.07. The molecule has 120 valence electrons. The van der Waals surface area contributed by atoms with E-state index in [-0.39, 0.29) is 6.09 Å². The van der Waals surface area contributed by atoms with Crippen molar-refractivity contribution in [3.8, 4) is 0 Å². The van der Waals surface area contributed by atoms with Gasteiger partial charge in [-0.3, -0.25) is 4.98 Å². The van der Waals surface area contributed by atoms with Gasteiger partial charge in [0, 0.05) is 35.9 Å². The number of hydrogen-bond donors (Lipinski definition) is 0. The van der Waals surface area contributed by atoms with E-state index in [0.29, 0.717) is 18.1 Å². The van der Waals surface area contributed by atoms with Gasteiger partial charge in [-0.15, -0.1) is 0 Å². The molecule has 3 heterocycles. The second-order valence-corrected chi connectivity index (χ2v) is 6.86. The molecule has 4 rings (SSSR count). The predicted octanol–water partition coefficient (Wildman–Crippen LogP) is 3.31. The number of pyridine rings is 1. The van der Waals surface area contributed by atoms with Crippen molar-refractivity contribution in [2.24, 2.45) is 0 Å². The summed E-state index contributed by atoms with van der Waals surface area (Å²) in [5.74, 6) is 0. The van der Waals surface area contributed by atoms with Crippen LogP contribution in [0.5, 0.6) is 0 Å². The molecule has 0 unspecified atom stereocenters. The van der Waals surface area contributed by atoms with E-state index in [9.17, 15) is 4.79 Å². The van der Waals surface area contributed by atoms with Crippen LogP contribution in [0.15, 0.2) is 30.5 Å². The van der Waals surface area contributed by atoms with Gasteiger partial charge in [0.25, 0.3) is 0 Å². The van der Waals surface area contributed by atoms with E-state index < -0.39 is 5.60 Å². The number of ether oxygens (including phenoxy) is 1. The van der Waals surface area contributed by atoms with E-state index in [0.717, 1.165) is 36.0 Å². The minimum Gasteiger partial charge on any atom is -0.439 e. The number of benzene rings is 1. The summed E-state index contributed by atoms with van der Waals surface area (Å²) in [6, 6.07) is 7.80. The molecule has 1 spiro atoms. The van der Waals surface area contributed by atoms with Crippen LogP contribution in [0.4, 0.5) is 10.5 Å². The molecule has 0 saturated carbocycles. The monoisotopic (exact) mass is 331 g/mol. The van der Waals surface area contributed by atoms with Crippen LogP contribution in [0.1, 0.15) is 12.8 Å². The third-order valence-electron chi connectivity index (χ3n) is 4.70. The number of halogens is 1. The van der Waals surface area contributed by atoms with Crippen molar-refractivity contribution < 1.29 is 9.53 Å². The van der Waals surface area contributed by atoms with Gasteiger partial charge in [0.05, 0.1) is 18.6 Å². The van der Waals surface area contributed by atoms with Crippen molar-refractivity contribution >= 4 is 34.3 Å². The molecule has 1 atom stereocenters. The number of amides is 1. The van der Waals surface area contributed by atoms with Gasteiger partial charge in [0.1, 0.15) is 5.60 Å². The summed E-state index contributed by atoms with van der Waals surface area (Å²) in [4.78, 5) is 20.2. The van der Waals surface area contributed by atoms with Crippen LogP contribution in [0.2, 0.25) is 5.02 Å². The van der Waals surface area contributed by atoms with Gasteiger partial charge in [-0.1, -0.05) is 11.6 Å². The normalized spacial score (nSPS) is 24.5. The van der Waals surface area contributed by atoms with E-state index in [1.807, 2.05) is 30.5 Å². The Balaban J connectivity index is 1.70. The van der Waals surface area contributed by atoms with Crippen LogP contribution in [-0.2, 0) is 4.74 Å². The highest BCUT2D eigenvalue weighted by molar-refractivity contribution is 6.31. The quantitative estimate of drug-likeness (QED) is 0.804. The number of fused-ring (bicyclic) bond motifs is 1. The van der Waals surface area contributed by atoms with Crippen molar-refractivity contribution in [1.29, 1.82) is 0 Å². The molecule has 0 N–H and O–H groups in total. The number of hydrogen-bond acceptors (Lipinski definition) is 4. The number of carbonyl (C=O) groups is 1. The van der Waals surface area contributed by atoms with Crippen LogP contribution in [0.25, 0.3) is 10.9 Å². The van der Waals surface area contributed by atoms with Crippen molar-refractivity contribution in [2.75, 3.05) is 31.6 Å². The SMILES string of the molecule is CN1C[C@@]2(CCCN(c3ccnc4cc(Cl)ccc34)C2)OC1=O. The first-order chi connectivity index (χ1) is 11.1. The average molecular weight is 332 g/mol. The van der Waals surface area contributed by atoms with E-state index >= 15 is 0 Å². The first-order valence-electron chi connectivity index (χ1n) is 7.80. The number of rotatable bonds is 1. The summed E-state index contributed by atoms with van der Waals surface area (Å²) in [5.41, 5.74) is 1.61. The van der Waals surface area contributed by atoms with E-state index in [1.54, 1.807) is 11.9 Å². The Morgan fingerprint density at radius 2 is 2.17 bits per heavy atom. The molecule has 2 aliphatic rings. The molecule has 2 saturated heterocycles. The molecule has 1 amide bonds. The molecule has 1 aromatic carbocycles. The zero-order chi connectivity index (χ0) is 16.0. The fourth-order valence-electron chi connectivity index (χ4n) is 3.69. The van der Waals surface area contributed by atoms with Crippen molar-refractivity contribution in [1.82, 2.24) is 9.88 Å². The van der Waals surface area contributed by atoms with Gasteiger partial charge in [0.15, 0.2) is 0 Å². The van der Waals surface area contributed by atoms with Crippen molar-refractivity contribution in [3.63, 3.8) is 0 Å². The molecular weight excluding hydrogens is 314 g/mol. The molecule has 0 aliphatic carbocycles. The summed E-state index contributed by atoms with van der Waals surface area (Å²) in [6.45, 7) is 2.31. The standard InChI is InChI=1S/C17H18ClN3O2/c1-20-10-17(23-16(20)22)6-2-8-21(11-17)15-5-7-19-14-9-12(18)3-4-13(14)15/h3-5,7,9H,2,6,8,10-11H2,1H3/t17-/m1/s1. The maximum Gasteiger partial charge on any atom is 0.410 e. The van der Waals surface area contributed by atoms with Crippen LogP contribution in [0, 0.1) is 0 Å². The lowest BCUT2D eigenvalue weighted by atomic mass is 9.92. The summed E-state index contributed by atoms with van der Waals surface area (Å²) in [5, 5.41) is 1.76. The zero-order valence-corrected chi connectivity index (χ0v) is 13.7. The topological polar surface area (TPSA) is 45.7 Å². The number of piperidine rings is 1. The van der Waals surface area contributed by atoms with E-state index in [1.165, 1.54) is 0 Å². The first-order valence-corrected chi connectivity index (χ1v) is 8.17. The predicted molar refractivity (Wildman–Crippen MR) is 90.0 cm³/mol. The zero-order valence-electron chi connectivity index (χ0n) is 13.0. The Hall–Kier alpha value is -2.01. The van der Waals surface area contributed by atoms with Crippen LogP contribution in [0.3, 0.4) is 0 Å². The Bertz CT molecular complexity index is 782. The highest BCUT2D eigenvalue weighted by atomic mass is 35.5. The van der Waals surface area contributed by atoms with Gasteiger partial charge in [-0.25, -0.2) is 4.79 Å². The van der Waals surface area contributed by atoms with Crippen molar-refractivity contribution in [3.05, 3.63) is 35.5 Å². The average Bonchev–Trinajstić information content (AvgIpc) is 2.80. The largest absolute Gasteiger partial charge is 0.439 e. The van der Waals surface area contributed by atoms with Crippen molar-refractivity contribution in [2.45, 2.75) is 18.4 Å². The fourth-order valence-corrected chi connectivity index (χ4v) is 3.86. The van der Waals surface area contributed by atoms with Gasteiger partial charge in [-0.2, -0.15) is 0 Å². The lowest BCUT2D eigenvalue weighted by Crippen LogP contribution is -2.50. The number of nitrogens with zero attached hydrogens (tertiary/aromatic N) is 3. The van der Waals surface area contributed by atoms with Gasteiger partial charge >= 0.3 is 6.09 Å². The molecular formula is C17H18ClN3O2. The second kappa shape index (κ2) is 5.27. The number of aromatic nitrogens is 1. The molecule has 0 bridgehead atoms. The second-order valence-electron chi connectivity index (χ2n) is 6.42. The Morgan fingerprint density at radius 3 is 2.96 bits per heavy atom. The van der Waals surface area contributed by atoms with Crippen LogP contribution < -0.4 is 4.90 Å². The maximum atomic E-state index is 11.8. The summed E-state index contributed by atoms with van der Waals surface area (Å²) in [6.07, 6.45) is 3.49. The first kappa shape index (κ1) is 14.6.